The molecule has 2 aliphatic rings. The third kappa shape index (κ3) is 3.18. The maximum absolute atomic E-state index is 12.4. The number of H-pyrrole nitrogens is 1. The molecular weight excluding hydrogens is 316 g/mol. The Balaban J connectivity index is 1.34. The molecule has 25 heavy (non-hydrogen) atoms. The van der Waals surface area contributed by atoms with E-state index in [4.69, 9.17) is 5.73 Å². The highest BCUT2D eigenvalue weighted by molar-refractivity contribution is 5.77. The van der Waals surface area contributed by atoms with E-state index in [0.29, 0.717) is 47.8 Å². The number of hydrogen-bond acceptors (Lipinski definition) is 4. The van der Waals surface area contributed by atoms with Crippen molar-refractivity contribution < 1.29 is 4.79 Å². The van der Waals surface area contributed by atoms with Gasteiger partial charge in [-0.15, -0.1) is 0 Å². The SMILES string of the molecule is NC1CCC2CN(C(=O)CCCc3nc4ccccc4c(=O)[nH]3)CC12. The van der Waals surface area contributed by atoms with E-state index in [0.717, 1.165) is 25.9 Å². The lowest BCUT2D eigenvalue weighted by molar-refractivity contribution is -0.130. The molecule has 0 radical (unpaired) electrons. The topological polar surface area (TPSA) is 92.1 Å². The summed E-state index contributed by atoms with van der Waals surface area (Å²) >= 11 is 0. The van der Waals surface area contributed by atoms with Crippen molar-refractivity contribution in [1.29, 1.82) is 0 Å². The molecule has 2 heterocycles. The lowest BCUT2D eigenvalue weighted by Crippen LogP contribution is -2.33. The van der Waals surface area contributed by atoms with Crippen molar-refractivity contribution in [2.75, 3.05) is 13.1 Å². The van der Waals surface area contributed by atoms with E-state index < -0.39 is 0 Å². The number of carbonyl (C=O) groups is 1. The van der Waals surface area contributed by atoms with E-state index in [-0.39, 0.29) is 17.5 Å². The molecule has 1 aromatic heterocycles. The van der Waals surface area contributed by atoms with Crippen LogP contribution in [0.3, 0.4) is 0 Å². The quantitative estimate of drug-likeness (QED) is 0.881. The molecule has 1 aliphatic carbocycles. The molecule has 4 rings (SSSR count). The number of benzene rings is 1. The number of hydrogen-bond donors (Lipinski definition) is 2. The highest BCUT2D eigenvalue weighted by atomic mass is 16.2. The van der Waals surface area contributed by atoms with Gasteiger partial charge in [-0.1, -0.05) is 12.1 Å². The molecule has 1 aliphatic heterocycles. The van der Waals surface area contributed by atoms with Gasteiger partial charge in [-0.05, 0) is 43.2 Å². The molecule has 3 N–H and O–H groups in total. The van der Waals surface area contributed by atoms with Crippen LogP contribution in [-0.4, -0.2) is 39.9 Å². The van der Waals surface area contributed by atoms with Crippen LogP contribution in [0, 0.1) is 11.8 Å². The molecule has 1 aromatic carbocycles. The van der Waals surface area contributed by atoms with Gasteiger partial charge in [0.2, 0.25) is 5.91 Å². The summed E-state index contributed by atoms with van der Waals surface area (Å²) in [7, 11) is 0. The molecular formula is C19H24N4O2. The van der Waals surface area contributed by atoms with E-state index in [1.807, 2.05) is 23.1 Å². The van der Waals surface area contributed by atoms with Crippen molar-refractivity contribution in [3.05, 3.63) is 40.4 Å². The fourth-order valence-electron chi connectivity index (χ4n) is 4.33. The lowest BCUT2D eigenvalue weighted by Gasteiger charge is -2.18. The minimum Gasteiger partial charge on any atom is -0.342 e. The maximum Gasteiger partial charge on any atom is 0.258 e. The number of aromatic nitrogens is 2. The molecule has 1 saturated heterocycles. The number of fused-ring (bicyclic) bond motifs is 2. The van der Waals surface area contributed by atoms with Gasteiger partial charge in [0.25, 0.3) is 5.56 Å². The Labute approximate surface area is 146 Å². The van der Waals surface area contributed by atoms with Crippen LogP contribution in [0.15, 0.2) is 29.1 Å². The van der Waals surface area contributed by atoms with Crippen molar-refractivity contribution in [3.8, 4) is 0 Å². The lowest BCUT2D eigenvalue weighted by atomic mass is 9.98. The Hall–Kier alpha value is -2.21. The molecule has 132 valence electrons. The monoisotopic (exact) mass is 340 g/mol. The van der Waals surface area contributed by atoms with Gasteiger partial charge in [0.15, 0.2) is 0 Å². The van der Waals surface area contributed by atoms with Gasteiger partial charge >= 0.3 is 0 Å². The van der Waals surface area contributed by atoms with Crippen molar-refractivity contribution >= 4 is 16.8 Å². The Kier molecular flexibility index (Phi) is 4.29. The fourth-order valence-corrected chi connectivity index (χ4v) is 4.33. The predicted octanol–water partition coefficient (Wildman–Crippen LogP) is 1.44. The summed E-state index contributed by atoms with van der Waals surface area (Å²) in [5.74, 6) is 1.93. The largest absolute Gasteiger partial charge is 0.342 e. The second-order valence-corrected chi connectivity index (χ2v) is 7.35. The van der Waals surface area contributed by atoms with Gasteiger partial charge in [-0.3, -0.25) is 9.59 Å². The molecule has 0 spiro atoms. The summed E-state index contributed by atoms with van der Waals surface area (Å²) in [6, 6.07) is 7.57. The van der Waals surface area contributed by atoms with Gasteiger partial charge in [0.1, 0.15) is 5.82 Å². The first kappa shape index (κ1) is 16.3. The van der Waals surface area contributed by atoms with Crippen LogP contribution in [0.2, 0.25) is 0 Å². The maximum atomic E-state index is 12.4. The summed E-state index contributed by atoms with van der Waals surface area (Å²) < 4.78 is 0. The van der Waals surface area contributed by atoms with Gasteiger partial charge in [0.05, 0.1) is 10.9 Å². The number of carbonyl (C=O) groups excluding carboxylic acids is 1. The number of para-hydroxylation sites is 1. The average molecular weight is 340 g/mol. The molecule has 3 unspecified atom stereocenters. The third-order valence-corrected chi connectivity index (χ3v) is 5.73. The zero-order valence-electron chi connectivity index (χ0n) is 14.3. The van der Waals surface area contributed by atoms with Crippen molar-refractivity contribution in [3.63, 3.8) is 0 Å². The van der Waals surface area contributed by atoms with Gasteiger partial charge in [0, 0.05) is 32.0 Å². The summed E-state index contributed by atoms with van der Waals surface area (Å²) in [6.45, 7) is 1.68. The molecule has 0 bridgehead atoms. The van der Waals surface area contributed by atoms with E-state index in [2.05, 4.69) is 9.97 Å². The Morgan fingerprint density at radius 1 is 1.28 bits per heavy atom. The van der Waals surface area contributed by atoms with Gasteiger partial charge in [-0.25, -0.2) is 4.98 Å². The summed E-state index contributed by atoms with van der Waals surface area (Å²) in [5, 5.41) is 0.599. The van der Waals surface area contributed by atoms with Crippen molar-refractivity contribution in [2.24, 2.45) is 17.6 Å². The number of nitrogens with zero attached hydrogens (tertiary/aromatic N) is 2. The van der Waals surface area contributed by atoms with Gasteiger partial charge < -0.3 is 15.6 Å². The minimum absolute atomic E-state index is 0.117. The highest BCUT2D eigenvalue weighted by Crippen LogP contribution is 2.37. The Morgan fingerprint density at radius 3 is 2.96 bits per heavy atom. The minimum atomic E-state index is -0.117. The predicted molar refractivity (Wildman–Crippen MR) is 96.1 cm³/mol. The molecule has 2 fully saturated rings. The van der Waals surface area contributed by atoms with Crippen LogP contribution in [0.1, 0.15) is 31.5 Å². The van der Waals surface area contributed by atoms with Gasteiger partial charge in [-0.2, -0.15) is 0 Å². The first-order valence-corrected chi connectivity index (χ1v) is 9.13. The van der Waals surface area contributed by atoms with Crippen LogP contribution in [0.25, 0.3) is 10.9 Å². The van der Waals surface area contributed by atoms with E-state index in [1.54, 1.807) is 6.07 Å². The molecule has 1 saturated carbocycles. The molecule has 1 amide bonds. The summed E-state index contributed by atoms with van der Waals surface area (Å²) in [5.41, 5.74) is 6.72. The van der Waals surface area contributed by atoms with Crippen LogP contribution in [0.5, 0.6) is 0 Å². The summed E-state index contributed by atoms with van der Waals surface area (Å²) in [4.78, 5) is 33.8. The third-order valence-electron chi connectivity index (χ3n) is 5.73. The second kappa shape index (κ2) is 6.59. The number of amides is 1. The molecule has 6 heteroatoms. The van der Waals surface area contributed by atoms with Crippen molar-refractivity contribution in [1.82, 2.24) is 14.9 Å². The van der Waals surface area contributed by atoms with E-state index >= 15 is 0 Å². The number of aromatic amines is 1. The second-order valence-electron chi connectivity index (χ2n) is 7.35. The van der Waals surface area contributed by atoms with Crippen LogP contribution in [0.4, 0.5) is 0 Å². The van der Waals surface area contributed by atoms with Crippen LogP contribution < -0.4 is 11.3 Å². The number of aryl methyl sites for hydroxylation is 1. The molecule has 2 aromatic rings. The summed E-state index contributed by atoms with van der Waals surface area (Å²) in [6.07, 6.45) is 4.03. The number of nitrogens with two attached hydrogens (primary N) is 1. The average Bonchev–Trinajstić information content (AvgIpc) is 3.17. The zero-order valence-corrected chi connectivity index (χ0v) is 14.3. The normalized spacial score (nSPS) is 25.5. The molecule has 3 atom stereocenters. The van der Waals surface area contributed by atoms with E-state index in [9.17, 15) is 9.59 Å². The standard InChI is InChI=1S/C19H24N4O2/c20-15-9-8-12-10-23(11-14(12)15)18(24)7-3-6-17-21-16-5-2-1-4-13(16)19(25)22-17/h1-2,4-5,12,14-15H,3,6-11,20H2,(H,21,22,25). The number of rotatable bonds is 4. The number of likely N-dealkylation sites (tertiary alicyclic amines) is 1. The zero-order chi connectivity index (χ0) is 17.4. The van der Waals surface area contributed by atoms with Crippen LogP contribution >= 0.6 is 0 Å². The highest BCUT2D eigenvalue weighted by Gasteiger charge is 2.42. The Morgan fingerprint density at radius 2 is 2.12 bits per heavy atom. The number of nitrogens with one attached hydrogen (secondary N) is 1. The van der Waals surface area contributed by atoms with Crippen molar-refractivity contribution in [2.45, 2.75) is 38.1 Å². The molecule has 6 nitrogen and oxygen atoms in total. The Bertz CT molecular complexity index is 847. The van der Waals surface area contributed by atoms with E-state index in [1.165, 1.54) is 0 Å². The smallest absolute Gasteiger partial charge is 0.258 e. The first-order chi connectivity index (χ1) is 12.1. The van der Waals surface area contributed by atoms with Crippen LogP contribution in [-0.2, 0) is 11.2 Å². The first-order valence-electron chi connectivity index (χ1n) is 9.13. The fraction of sp³-hybridized carbons (Fsp3) is 0.526.